The van der Waals surface area contributed by atoms with E-state index < -0.39 is 0 Å². The van der Waals surface area contributed by atoms with Crippen LogP contribution in [0.4, 0.5) is 0 Å². The summed E-state index contributed by atoms with van der Waals surface area (Å²) in [6, 6.07) is 3.58. The Morgan fingerprint density at radius 2 is 2.38 bits per heavy atom. The summed E-state index contributed by atoms with van der Waals surface area (Å²) in [6.07, 6.45) is 4.56. The molecule has 0 atom stereocenters. The number of aromatic amines is 1. The van der Waals surface area contributed by atoms with Crippen LogP contribution in [0.3, 0.4) is 0 Å². The van der Waals surface area contributed by atoms with Crippen molar-refractivity contribution < 1.29 is 0 Å². The fourth-order valence-electron chi connectivity index (χ4n) is 0.967. The average molecular weight is 304 g/mol. The fourth-order valence-corrected chi connectivity index (χ4v) is 1.69. The molecular weight excluding hydrogens is 300 g/mol. The lowest BCUT2D eigenvalue weighted by Crippen LogP contribution is -1.84. The molecule has 0 spiro atoms. The summed E-state index contributed by atoms with van der Waals surface area (Å²) in [6.45, 7) is 0. The molecule has 2 aromatic rings. The smallest absolute Gasteiger partial charge is 0.133 e. The number of aromatic nitrogens is 3. The van der Waals surface area contributed by atoms with Crippen molar-refractivity contribution in [3.8, 4) is 11.3 Å². The highest BCUT2D eigenvalue weighted by Gasteiger charge is 2.10. The summed E-state index contributed by atoms with van der Waals surface area (Å²) >= 11 is 8.06. The van der Waals surface area contributed by atoms with Gasteiger partial charge in [-0.3, -0.25) is 10.1 Å². The standard InChI is InChI=1S/C8H4ClIN3/c9-6-2-1-3-11-7(6)5-4-12-13-8(5)10/h1-3H,(H,12,13). The Morgan fingerprint density at radius 3 is 3.00 bits per heavy atom. The zero-order valence-corrected chi connectivity index (χ0v) is 9.30. The van der Waals surface area contributed by atoms with Crippen LogP contribution < -0.4 is 0 Å². The molecule has 0 bridgehead atoms. The van der Waals surface area contributed by atoms with E-state index in [0.717, 1.165) is 9.26 Å². The average Bonchev–Trinajstić information content (AvgIpc) is 2.52. The highest BCUT2D eigenvalue weighted by atomic mass is 127. The second-order valence-corrected chi connectivity index (χ2v) is 3.78. The van der Waals surface area contributed by atoms with Gasteiger partial charge in [0, 0.05) is 6.20 Å². The Kier molecular flexibility index (Phi) is 2.50. The van der Waals surface area contributed by atoms with E-state index >= 15 is 0 Å². The van der Waals surface area contributed by atoms with E-state index in [2.05, 4.69) is 44.0 Å². The molecule has 0 aliphatic carbocycles. The topological polar surface area (TPSA) is 41.6 Å². The summed E-state index contributed by atoms with van der Waals surface area (Å²) in [5.74, 6) is 0. The number of pyridine rings is 1. The molecule has 2 heterocycles. The molecule has 3 nitrogen and oxygen atoms in total. The quantitative estimate of drug-likeness (QED) is 0.823. The SMILES string of the molecule is Clc1cccnc1-c1[c][nH]nc1I. The van der Waals surface area contributed by atoms with Crippen molar-refractivity contribution in [2.45, 2.75) is 0 Å². The highest BCUT2D eigenvalue weighted by molar-refractivity contribution is 14.1. The molecule has 1 N–H and O–H groups in total. The lowest BCUT2D eigenvalue weighted by Gasteiger charge is -1.98. The minimum atomic E-state index is 0.609. The number of rotatable bonds is 1. The van der Waals surface area contributed by atoms with Gasteiger partial charge < -0.3 is 0 Å². The Labute approximate surface area is 93.7 Å². The zero-order chi connectivity index (χ0) is 9.26. The number of halogens is 2. The third kappa shape index (κ3) is 1.68. The van der Waals surface area contributed by atoms with Crippen LogP contribution >= 0.6 is 34.2 Å². The summed E-state index contributed by atoms with van der Waals surface area (Å²) in [4.78, 5) is 4.15. The van der Waals surface area contributed by atoms with E-state index in [1.165, 1.54) is 0 Å². The largest absolute Gasteiger partial charge is 0.274 e. The van der Waals surface area contributed by atoms with Gasteiger partial charge in [0.25, 0.3) is 0 Å². The van der Waals surface area contributed by atoms with Gasteiger partial charge in [-0.2, -0.15) is 5.10 Å². The Balaban J connectivity index is 2.59. The van der Waals surface area contributed by atoms with Crippen molar-refractivity contribution in [2.24, 2.45) is 0 Å². The summed E-state index contributed by atoms with van der Waals surface area (Å²) in [5.41, 5.74) is 1.52. The number of nitrogens with one attached hydrogen (secondary N) is 1. The zero-order valence-electron chi connectivity index (χ0n) is 6.38. The Hall–Kier alpha value is -0.620. The predicted molar refractivity (Wildman–Crippen MR) is 58.4 cm³/mol. The molecule has 0 unspecified atom stereocenters. The molecule has 2 aromatic heterocycles. The van der Waals surface area contributed by atoms with Gasteiger partial charge in [-0.15, -0.1) is 0 Å². The van der Waals surface area contributed by atoms with Crippen LogP contribution in [-0.4, -0.2) is 15.2 Å². The molecule has 0 saturated heterocycles. The van der Waals surface area contributed by atoms with E-state index in [1.807, 2.05) is 0 Å². The molecule has 2 rings (SSSR count). The first kappa shape index (κ1) is 8.96. The first-order valence-corrected chi connectivity index (χ1v) is 4.97. The first-order chi connectivity index (χ1) is 6.29. The molecule has 65 valence electrons. The summed E-state index contributed by atoms with van der Waals surface area (Å²) in [7, 11) is 0. The van der Waals surface area contributed by atoms with Crippen molar-refractivity contribution >= 4 is 34.2 Å². The monoisotopic (exact) mass is 304 g/mol. The van der Waals surface area contributed by atoms with E-state index in [4.69, 9.17) is 11.6 Å². The van der Waals surface area contributed by atoms with E-state index in [1.54, 1.807) is 18.3 Å². The van der Waals surface area contributed by atoms with Crippen molar-refractivity contribution in [3.63, 3.8) is 0 Å². The maximum absolute atomic E-state index is 5.96. The molecule has 13 heavy (non-hydrogen) atoms. The Bertz CT molecular complexity index is 427. The van der Waals surface area contributed by atoms with Gasteiger partial charge in [-0.05, 0) is 34.7 Å². The van der Waals surface area contributed by atoms with Gasteiger partial charge in [0.05, 0.1) is 22.5 Å². The minimum Gasteiger partial charge on any atom is -0.274 e. The number of H-pyrrole nitrogens is 1. The number of hydrogen-bond donors (Lipinski definition) is 1. The van der Waals surface area contributed by atoms with Crippen LogP contribution in [0.2, 0.25) is 5.02 Å². The molecule has 0 aliphatic rings. The normalized spacial score (nSPS) is 10.3. The van der Waals surface area contributed by atoms with Gasteiger partial charge >= 0.3 is 0 Å². The van der Waals surface area contributed by atoms with E-state index in [0.29, 0.717) is 10.7 Å². The van der Waals surface area contributed by atoms with Crippen molar-refractivity contribution in [1.29, 1.82) is 0 Å². The third-order valence-corrected chi connectivity index (χ3v) is 2.62. The van der Waals surface area contributed by atoms with Crippen LogP contribution in [0.25, 0.3) is 11.3 Å². The lowest BCUT2D eigenvalue weighted by molar-refractivity contribution is 1.06. The van der Waals surface area contributed by atoms with Crippen LogP contribution in [0, 0.1) is 9.90 Å². The first-order valence-electron chi connectivity index (χ1n) is 3.51. The molecular formula is C8H4ClIN3. The molecule has 1 radical (unpaired) electrons. The molecule has 0 aliphatic heterocycles. The highest BCUT2D eigenvalue weighted by Crippen LogP contribution is 2.26. The third-order valence-electron chi connectivity index (χ3n) is 1.54. The van der Waals surface area contributed by atoms with Crippen molar-refractivity contribution in [2.75, 3.05) is 0 Å². The van der Waals surface area contributed by atoms with E-state index in [-0.39, 0.29) is 0 Å². The molecule has 5 heteroatoms. The van der Waals surface area contributed by atoms with Crippen LogP contribution in [0.5, 0.6) is 0 Å². The van der Waals surface area contributed by atoms with Crippen LogP contribution in [0.15, 0.2) is 18.3 Å². The molecule has 0 amide bonds. The molecule has 0 fully saturated rings. The maximum atomic E-state index is 5.96. The van der Waals surface area contributed by atoms with E-state index in [9.17, 15) is 0 Å². The summed E-state index contributed by atoms with van der Waals surface area (Å²) < 4.78 is 0.818. The predicted octanol–water partition coefficient (Wildman–Crippen LogP) is 2.53. The second-order valence-electron chi connectivity index (χ2n) is 2.35. The van der Waals surface area contributed by atoms with Gasteiger partial charge in [0.1, 0.15) is 3.70 Å². The number of nitrogens with zero attached hydrogens (tertiary/aromatic N) is 2. The van der Waals surface area contributed by atoms with Crippen LogP contribution in [-0.2, 0) is 0 Å². The second kappa shape index (κ2) is 3.63. The van der Waals surface area contributed by atoms with Gasteiger partial charge in [0.2, 0.25) is 0 Å². The summed E-state index contributed by atoms with van der Waals surface area (Å²) in [5, 5.41) is 7.19. The van der Waals surface area contributed by atoms with Gasteiger partial charge in [-0.25, -0.2) is 0 Å². The minimum absolute atomic E-state index is 0.609. The molecule has 0 aromatic carbocycles. The van der Waals surface area contributed by atoms with Gasteiger partial charge in [-0.1, -0.05) is 11.6 Å². The van der Waals surface area contributed by atoms with Crippen LogP contribution in [0.1, 0.15) is 0 Å². The Morgan fingerprint density at radius 1 is 1.54 bits per heavy atom. The lowest BCUT2D eigenvalue weighted by atomic mass is 10.2. The maximum Gasteiger partial charge on any atom is 0.133 e. The fraction of sp³-hybridized carbons (Fsp3) is 0. The van der Waals surface area contributed by atoms with Crippen molar-refractivity contribution in [3.05, 3.63) is 33.2 Å². The number of hydrogen-bond acceptors (Lipinski definition) is 2. The van der Waals surface area contributed by atoms with Gasteiger partial charge in [0.15, 0.2) is 0 Å². The van der Waals surface area contributed by atoms with Crippen molar-refractivity contribution in [1.82, 2.24) is 15.2 Å². The molecule has 0 saturated carbocycles.